The standard InChI is InChI=1S/C11H16BNO4.C4H10O2/c1-3-13(4-2)11(14)9-5-7-10(8-6-9)17-12(15)16;1-5-3-4-6-2/h5-8,15-16H,3-4H2,1-2H3;3-4H2,1-2H3. The number of carbonyl (C=O) groups is 1. The van der Waals surface area contributed by atoms with Gasteiger partial charge in [-0.3, -0.25) is 4.79 Å². The van der Waals surface area contributed by atoms with E-state index < -0.39 is 7.32 Å². The minimum Gasteiger partial charge on any atom is -0.512 e. The Morgan fingerprint density at radius 3 is 1.87 bits per heavy atom. The lowest BCUT2D eigenvalue weighted by Crippen LogP contribution is -2.30. The predicted octanol–water partition coefficient (Wildman–Crippen LogP) is 0.796. The van der Waals surface area contributed by atoms with Crippen molar-refractivity contribution in [3.8, 4) is 5.75 Å². The summed E-state index contributed by atoms with van der Waals surface area (Å²) >= 11 is 0. The highest BCUT2D eigenvalue weighted by molar-refractivity contribution is 6.33. The van der Waals surface area contributed by atoms with Crippen LogP contribution in [0.2, 0.25) is 0 Å². The van der Waals surface area contributed by atoms with Gasteiger partial charge in [-0.25, -0.2) is 0 Å². The molecule has 130 valence electrons. The molecule has 1 amide bonds. The highest BCUT2D eigenvalue weighted by atomic mass is 16.6. The van der Waals surface area contributed by atoms with Gasteiger partial charge in [-0.05, 0) is 38.1 Å². The summed E-state index contributed by atoms with van der Waals surface area (Å²) in [6, 6.07) is 6.24. The van der Waals surface area contributed by atoms with Crippen molar-refractivity contribution >= 4 is 13.2 Å². The van der Waals surface area contributed by atoms with Crippen molar-refractivity contribution < 1.29 is 29.0 Å². The van der Waals surface area contributed by atoms with Gasteiger partial charge in [0.05, 0.1) is 13.2 Å². The smallest absolute Gasteiger partial charge is 0.512 e. The third-order valence-electron chi connectivity index (χ3n) is 2.88. The maximum Gasteiger partial charge on any atom is 0.707 e. The lowest BCUT2D eigenvalue weighted by molar-refractivity contribution is 0.0773. The van der Waals surface area contributed by atoms with Crippen molar-refractivity contribution in [3.05, 3.63) is 29.8 Å². The largest absolute Gasteiger partial charge is 0.707 e. The Balaban J connectivity index is 0.000000688. The molecule has 0 fully saturated rings. The second kappa shape index (κ2) is 12.9. The van der Waals surface area contributed by atoms with Gasteiger partial charge in [0.15, 0.2) is 0 Å². The SMILES string of the molecule is CCN(CC)C(=O)c1ccc(OB(O)O)cc1.COCCOC. The summed E-state index contributed by atoms with van der Waals surface area (Å²) in [7, 11) is 1.46. The summed E-state index contributed by atoms with van der Waals surface area (Å²) in [5.74, 6) is 0.252. The van der Waals surface area contributed by atoms with Crippen LogP contribution in [-0.4, -0.2) is 68.7 Å². The van der Waals surface area contributed by atoms with E-state index in [1.54, 1.807) is 31.3 Å². The topological polar surface area (TPSA) is 88.5 Å². The van der Waals surface area contributed by atoms with Gasteiger partial charge in [-0.15, -0.1) is 0 Å². The van der Waals surface area contributed by atoms with Crippen molar-refractivity contribution in [3.63, 3.8) is 0 Å². The van der Waals surface area contributed by atoms with Crippen LogP contribution >= 0.6 is 0 Å². The summed E-state index contributed by atoms with van der Waals surface area (Å²) in [6.07, 6.45) is 0. The quantitative estimate of drug-likeness (QED) is 0.542. The number of rotatable bonds is 8. The fourth-order valence-corrected chi connectivity index (χ4v) is 1.66. The summed E-state index contributed by atoms with van der Waals surface area (Å²) in [5.41, 5.74) is 0.550. The molecule has 2 N–H and O–H groups in total. The molecule has 7 nitrogen and oxygen atoms in total. The Labute approximate surface area is 137 Å². The van der Waals surface area contributed by atoms with Crippen molar-refractivity contribution in [1.82, 2.24) is 4.90 Å². The number of hydrogen-bond donors (Lipinski definition) is 2. The molecule has 0 heterocycles. The lowest BCUT2D eigenvalue weighted by atomic mass is 10.1. The summed E-state index contributed by atoms with van der Waals surface area (Å²) in [6.45, 7) is 6.53. The maximum atomic E-state index is 11.9. The van der Waals surface area contributed by atoms with E-state index in [-0.39, 0.29) is 5.91 Å². The van der Waals surface area contributed by atoms with Crippen LogP contribution in [0.5, 0.6) is 5.75 Å². The van der Waals surface area contributed by atoms with Crippen molar-refractivity contribution in [2.75, 3.05) is 40.5 Å². The highest BCUT2D eigenvalue weighted by Crippen LogP contribution is 2.13. The van der Waals surface area contributed by atoms with Crippen LogP contribution in [-0.2, 0) is 9.47 Å². The van der Waals surface area contributed by atoms with E-state index in [4.69, 9.17) is 10.0 Å². The molecule has 0 atom stereocenters. The van der Waals surface area contributed by atoms with Crippen molar-refractivity contribution in [2.24, 2.45) is 0 Å². The van der Waals surface area contributed by atoms with Gasteiger partial charge in [-0.2, -0.15) is 0 Å². The van der Waals surface area contributed by atoms with Gasteiger partial charge < -0.3 is 29.1 Å². The van der Waals surface area contributed by atoms with Gasteiger partial charge in [0.25, 0.3) is 5.91 Å². The maximum absolute atomic E-state index is 11.9. The van der Waals surface area contributed by atoms with Crippen LogP contribution in [0.4, 0.5) is 0 Å². The molecule has 0 aliphatic heterocycles. The Hall–Kier alpha value is -1.61. The number of carbonyl (C=O) groups excluding carboxylic acids is 1. The zero-order chi connectivity index (χ0) is 17.7. The number of hydrogen-bond acceptors (Lipinski definition) is 6. The highest BCUT2D eigenvalue weighted by Gasteiger charge is 2.14. The fraction of sp³-hybridized carbons (Fsp3) is 0.533. The molecule has 0 spiro atoms. The minimum atomic E-state index is -1.85. The van der Waals surface area contributed by atoms with Crippen LogP contribution in [0.1, 0.15) is 24.2 Å². The van der Waals surface area contributed by atoms with E-state index in [0.717, 1.165) is 0 Å². The van der Waals surface area contributed by atoms with Crippen LogP contribution < -0.4 is 4.65 Å². The fourth-order valence-electron chi connectivity index (χ4n) is 1.66. The summed E-state index contributed by atoms with van der Waals surface area (Å²) in [4.78, 5) is 13.6. The Morgan fingerprint density at radius 2 is 1.52 bits per heavy atom. The van der Waals surface area contributed by atoms with Crippen LogP contribution in [0.25, 0.3) is 0 Å². The first-order chi connectivity index (χ1) is 11.0. The Kier molecular flexibility index (Phi) is 12.0. The van der Waals surface area contributed by atoms with E-state index >= 15 is 0 Å². The molecule has 8 heteroatoms. The normalized spacial score (nSPS) is 9.65. The van der Waals surface area contributed by atoms with E-state index in [2.05, 4.69) is 14.1 Å². The van der Waals surface area contributed by atoms with Gasteiger partial charge in [0.2, 0.25) is 0 Å². The molecular weight excluding hydrogens is 301 g/mol. The van der Waals surface area contributed by atoms with Crippen LogP contribution in [0, 0.1) is 0 Å². The predicted molar refractivity (Wildman–Crippen MR) is 88.3 cm³/mol. The summed E-state index contributed by atoms with van der Waals surface area (Å²) < 4.78 is 14.0. The van der Waals surface area contributed by atoms with E-state index in [1.165, 1.54) is 12.1 Å². The third kappa shape index (κ3) is 9.20. The molecule has 0 saturated carbocycles. The zero-order valence-electron chi connectivity index (χ0n) is 14.2. The number of methoxy groups -OCH3 is 2. The van der Waals surface area contributed by atoms with Gasteiger partial charge >= 0.3 is 7.32 Å². The Morgan fingerprint density at radius 1 is 1.04 bits per heavy atom. The lowest BCUT2D eigenvalue weighted by Gasteiger charge is -2.18. The second-order valence-electron chi connectivity index (χ2n) is 4.43. The average Bonchev–Trinajstić information content (AvgIpc) is 2.54. The average molecular weight is 327 g/mol. The zero-order valence-corrected chi connectivity index (χ0v) is 14.2. The van der Waals surface area contributed by atoms with Crippen LogP contribution in [0.3, 0.4) is 0 Å². The number of nitrogens with zero attached hydrogens (tertiary/aromatic N) is 1. The molecule has 0 saturated heterocycles. The third-order valence-corrected chi connectivity index (χ3v) is 2.88. The van der Waals surface area contributed by atoms with E-state index in [0.29, 0.717) is 37.6 Å². The first-order valence-corrected chi connectivity index (χ1v) is 7.40. The second-order valence-corrected chi connectivity index (χ2v) is 4.43. The first-order valence-electron chi connectivity index (χ1n) is 7.40. The molecule has 0 aliphatic carbocycles. The van der Waals surface area contributed by atoms with Gasteiger partial charge in [-0.1, -0.05) is 0 Å². The molecular formula is C15H26BNO6. The van der Waals surface area contributed by atoms with E-state index in [1.807, 2.05) is 13.8 Å². The first kappa shape index (κ1) is 21.4. The van der Waals surface area contributed by atoms with Crippen molar-refractivity contribution in [2.45, 2.75) is 13.8 Å². The molecule has 0 aliphatic rings. The number of benzene rings is 1. The minimum absolute atomic E-state index is 0.0499. The number of amides is 1. The van der Waals surface area contributed by atoms with Crippen LogP contribution in [0.15, 0.2) is 24.3 Å². The van der Waals surface area contributed by atoms with E-state index in [9.17, 15) is 4.79 Å². The molecule has 1 aromatic carbocycles. The summed E-state index contributed by atoms with van der Waals surface area (Å²) in [5, 5.41) is 17.2. The molecule has 23 heavy (non-hydrogen) atoms. The molecule has 0 radical (unpaired) electrons. The molecule has 0 unspecified atom stereocenters. The molecule has 0 bridgehead atoms. The van der Waals surface area contributed by atoms with Crippen molar-refractivity contribution in [1.29, 1.82) is 0 Å². The van der Waals surface area contributed by atoms with Gasteiger partial charge in [0, 0.05) is 32.9 Å². The Bertz CT molecular complexity index is 418. The molecule has 0 aromatic heterocycles. The molecule has 1 rings (SSSR count). The molecule has 1 aromatic rings. The monoisotopic (exact) mass is 327 g/mol. The van der Waals surface area contributed by atoms with Gasteiger partial charge in [0.1, 0.15) is 5.75 Å². The number of ether oxygens (including phenoxy) is 2.